The van der Waals surface area contributed by atoms with Crippen molar-refractivity contribution in [3.63, 3.8) is 0 Å². The molecule has 2 heterocycles. The molecule has 0 radical (unpaired) electrons. The van der Waals surface area contributed by atoms with Crippen LogP contribution in [-0.4, -0.2) is 35.0 Å². The van der Waals surface area contributed by atoms with Crippen molar-refractivity contribution in [3.05, 3.63) is 41.4 Å². The van der Waals surface area contributed by atoms with Crippen molar-refractivity contribution in [2.75, 3.05) is 13.1 Å². The number of aromatic nitrogens is 1. The summed E-state index contributed by atoms with van der Waals surface area (Å²) >= 11 is 0. The number of hydrogen-bond donors (Lipinski definition) is 1. The van der Waals surface area contributed by atoms with Crippen molar-refractivity contribution in [1.82, 2.24) is 10.1 Å². The van der Waals surface area contributed by atoms with E-state index in [1.165, 1.54) is 12.1 Å². The van der Waals surface area contributed by atoms with Crippen molar-refractivity contribution in [2.45, 2.75) is 13.3 Å². The number of halogens is 1. The Hall–Kier alpha value is -2.70. The summed E-state index contributed by atoms with van der Waals surface area (Å²) in [7, 11) is 0. The van der Waals surface area contributed by atoms with Crippen molar-refractivity contribution >= 4 is 11.8 Å². The smallest absolute Gasteiger partial charge is 0.259 e. The lowest BCUT2D eigenvalue weighted by molar-refractivity contribution is -0.121. The van der Waals surface area contributed by atoms with E-state index in [1.54, 1.807) is 24.0 Å². The quantitative estimate of drug-likeness (QED) is 0.933. The maximum Gasteiger partial charge on any atom is 0.259 e. The molecule has 1 aliphatic rings. The first-order chi connectivity index (χ1) is 11.0. The second-order valence-electron chi connectivity index (χ2n) is 5.61. The van der Waals surface area contributed by atoms with Crippen LogP contribution in [0.4, 0.5) is 4.39 Å². The topological polar surface area (TPSA) is 89.4 Å². The Balaban J connectivity index is 1.91. The van der Waals surface area contributed by atoms with Crippen LogP contribution in [0.1, 0.15) is 22.5 Å². The lowest BCUT2D eigenvalue weighted by Crippen LogP contribution is -2.32. The maximum absolute atomic E-state index is 13.1. The zero-order chi connectivity index (χ0) is 16.6. The summed E-state index contributed by atoms with van der Waals surface area (Å²) in [6, 6.07) is 5.68. The molecule has 120 valence electrons. The molecule has 1 aromatic heterocycles. The molecule has 1 aliphatic heterocycles. The van der Waals surface area contributed by atoms with Crippen molar-refractivity contribution in [3.8, 4) is 11.3 Å². The third-order valence-electron chi connectivity index (χ3n) is 4.07. The highest BCUT2D eigenvalue weighted by molar-refractivity contribution is 6.01. The second-order valence-corrected chi connectivity index (χ2v) is 5.61. The van der Waals surface area contributed by atoms with Gasteiger partial charge in [-0.15, -0.1) is 0 Å². The van der Waals surface area contributed by atoms with E-state index in [4.69, 9.17) is 10.3 Å². The number of rotatable bonds is 3. The lowest BCUT2D eigenvalue weighted by atomic mass is 10.1. The summed E-state index contributed by atoms with van der Waals surface area (Å²) in [5, 5.41) is 3.93. The molecule has 7 heteroatoms. The molecular weight excluding hydrogens is 301 g/mol. The number of primary amides is 1. The normalized spacial score (nSPS) is 17.5. The molecule has 3 rings (SSSR count). The average Bonchev–Trinajstić information content (AvgIpc) is 3.14. The molecule has 1 aromatic carbocycles. The van der Waals surface area contributed by atoms with Gasteiger partial charge in [0, 0.05) is 18.7 Å². The van der Waals surface area contributed by atoms with Crippen molar-refractivity contribution in [2.24, 2.45) is 11.7 Å². The molecule has 0 spiro atoms. The predicted molar refractivity (Wildman–Crippen MR) is 79.8 cm³/mol. The molecule has 23 heavy (non-hydrogen) atoms. The Bertz CT molecular complexity index is 754. The number of carbonyl (C=O) groups is 2. The minimum absolute atomic E-state index is 0.258. The monoisotopic (exact) mass is 317 g/mol. The summed E-state index contributed by atoms with van der Waals surface area (Å²) in [6.45, 7) is 2.40. The van der Waals surface area contributed by atoms with E-state index in [9.17, 15) is 14.0 Å². The Morgan fingerprint density at radius 3 is 2.65 bits per heavy atom. The highest BCUT2D eigenvalue weighted by Gasteiger charge is 2.33. The summed E-state index contributed by atoms with van der Waals surface area (Å²) in [5.41, 5.74) is 6.60. The fourth-order valence-electron chi connectivity index (χ4n) is 2.76. The Labute approximate surface area is 132 Å². The predicted octanol–water partition coefficient (Wildman–Crippen LogP) is 1.74. The SMILES string of the molecule is Cc1onc(-c2ccc(F)cc2)c1C(=O)N1CC[C@H](C(N)=O)C1. The van der Waals surface area contributed by atoms with E-state index in [-0.39, 0.29) is 17.6 Å². The zero-order valence-corrected chi connectivity index (χ0v) is 12.6. The standard InChI is InChI=1S/C16H16FN3O3/c1-9-13(16(22)20-7-6-11(8-20)15(18)21)14(19-23-9)10-2-4-12(17)5-3-10/h2-5,11H,6-8H2,1H3,(H2,18,21)/t11-/m0/s1. The van der Waals surface area contributed by atoms with E-state index < -0.39 is 5.91 Å². The van der Waals surface area contributed by atoms with Crippen LogP contribution in [0.15, 0.2) is 28.8 Å². The first kappa shape index (κ1) is 15.2. The van der Waals surface area contributed by atoms with Crippen LogP contribution in [0.3, 0.4) is 0 Å². The van der Waals surface area contributed by atoms with E-state index in [2.05, 4.69) is 5.16 Å². The average molecular weight is 317 g/mol. The van der Waals surface area contributed by atoms with Crippen LogP contribution in [0.25, 0.3) is 11.3 Å². The van der Waals surface area contributed by atoms with Crippen molar-refractivity contribution in [1.29, 1.82) is 0 Å². The number of carbonyl (C=O) groups excluding carboxylic acids is 2. The van der Waals surface area contributed by atoms with Gasteiger partial charge >= 0.3 is 0 Å². The fourth-order valence-corrected chi connectivity index (χ4v) is 2.76. The number of nitrogens with two attached hydrogens (primary N) is 1. The Morgan fingerprint density at radius 1 is 1.35 bits per heavy atom. The van der Waals surface area contributed by atoms with E-state index >= 15 is 0 Å². The molecule has 1 atom stereocenters. The Kier molecular flexibility index (Phi) is 3.85. The molecule has 1 fully saturated rings. The summed E-state index contributed by atoms with van der Waals surface area (Å²) in [4.78, 5) is 25.6. The van der Waals surface area contributed by atoms with Gasteiger partial charge in [-0.1, -0.05) is 5.16 Å². The molecule has 0 saturated carbocycles. The number of amides is 2. The van der Waals surface area contributed by atoms with Crippen LogP contribution in [0, 0.1) is 18.7 Å². The largest absolute Gasteiger partial charge is 0.369 e. The minimum atomic E-state index is -0.402. The maximum atomic E-state index is 13.1. The molecule has 6 nitrogen and oxygen atoms in total. The number of hydrogen-bond acceptors (Lipinski definition) is 4. The molecule has 2 amide bonds. The zero-order valence-electron chi connectivity index (χ0n) is 12.6. The number of aryl methyl sites for hydroxylation is 1. The molecule has 0 aliphatic carbocycles. The molecule has 2 N–H and O–H groups in total. The van der Waals surface area contributed by atoms with Crippen molar-refractivity contribution < 1.29 is 18.5 Å². The van der Waals surface area contributed by atoms with Gasteiger partial charge < -0.3 is 15.2 Å². The van der Waals surface area contributed by atoms with Gasteiger partial charge in [0.2, 0.25) is 5.91 Å². The lowest BCUT2D eigenvalue weighted by Gasteiger charge is -2.16. The Morgan fingerprint density at radius 2 is 2.04 bits per heavy atom. The van der Waals surface area contributed by atoms with Gasteiger partial charge in [-0.3, -0.25) is 9.59 Å². The third-order valence-corrected chi connectivity index (χ3v) is 4.07. The summed E-state index contributed by atoms with van der Waals surface area (Å²) in [6.07, 6.45) is 0.553. The van der Waals surface area contributed by atoms with E-state index in [0.717, 1.165) is 0 Å². The van der Waals surface area contributed by atoms with E-state index in [0.29, 0.717) is 42.1 Å². The van der Waals surface area contributed by atoms with Gasteiger partial charge in [0.1, 0.15) is 22.8 Å². The van der Waals surface area contributed by atoms with Gasteiger partial charge in [0.25, 0.3) is 5.91 Å². The fraction of sp³-hybridized carbons (Fsp3) is 0.312. The summed E-state index contributed by atoms with van der Waals surface area (Å²) in [5.74, 6) is -0.969. The number of benzene rings is 1. The van der Waals surface area contributed by atoms with Crippen LogP contribution in [-0.2, 0) is 4.79 Å². The minimum Gasteiger partial charge on any atom is -0.369 e. The number of likely N-dealkylation sites (tertiary alicyclic amines) is 1. The molecule has 0 unspecified atom stereocenters. The van der Waals surface area contributed by atoms with E-state index in [1.807, 2.05) is 0 Å². The number of nitrogens with zero attached hydrogens (tertiary/aromatic N) is 2. The highest BCUT2D eigenvalue weighted by Crippen LogP contribution is 2.28. The van der Waals surface area contributed by atoms with Crippen LogP contribution >= 0.6 is 0 Å². The van der Waals surface area contributed by atoms with Crippen LogP contribution in [0.5, 0.6) is 0 Å². The van der Waals surface area contributed by atoms with Gasteiger partial charge in [-0.2, -0.15) is 0 Å². The summed E-state index contributed by atoms with van der Waals surface area (Å²) < 4.78 is 18.2. The first-order valence-electron chi connectivity index (χ1n) is 7.28. The second kappa shape index (κ2) is 5.83. The van der Waals surface area contributed by atoms with Gasteiger partial charge in [0.05, 0.1) is 5.92 Å². The van der Waals surface area contributed by atoms with Crippen LogP contribution < -0.4 is 5.73 Å². The third kappa shape index (κ3) is 2.81. The van der Waals surface area contributed by atoms with Gasteiger partial charge in [-0.05, 0) is 37.6 Å². The molecule has 0 bridgehead atoms. The van der Waals surface area contributed by atoms with Gasteiger partial charge in [0.15, 0.2) is 0 Å². The molecular formula is C16H16FN3O3. The van der Waals surface area contributed by atoms with Crippen LogP contribution in [0.2, 0.25) is 0 Å². The molecule has 1 saturated heterocycles. The highest BCUT2D eigenvalue weighted by atomic mass is 19.1. The molecule has 2 aromatic rings. The first-order valence-corrected chi connectivity index (χ1v) is 7.28. The van der Waals surface area contributed by atoms with Gasteiger partial charge in [-0.25, -0.2) is 4.39 Å².